The largest absolute Gasteiger partial charge is 0.379 e. The Morgan fingerprint density at radius 3 is 2.75 bits per heavy atom. The molecule has 2 rings (SSSR count). The molecule has 1 aromatic heterocycles. The third kappa shape index (κ3) is 2.15. The summed E-state index contributed by atoms with van der Waals surface area (Å²) in [6, 6.07) is 2.27. The molecule has 16 heavy (non-hydrogen) atoms. The van der Waals surface area contributed by atoms with Crippen LogP contribution in [0.3, 0.4) is 0 Å². The normalized spacial score (nSPS) is 25.2. The van der Waals surface area contributed by atoms with Gasteiger partial charge >= 0.3 is 0 Å². The zero-order valence-electron chi connectivity index (χ0n) is 10.8. The van der Waals surface area contributed by atoms with E-state index in [0.717, 1.165) is 26.2 Å². The Kier molecular flexibility index (Phi) is 3.08. The fourth-order valence-electron chi connectivity index (χ4n) is 2.23. The van der Waals surface area contributed by atoms with Gasteiger partial charge in [-0.3, -0.25) is 0 Å². The minimum Gasteiger partial charge on any atom is -0.379 e. The van der Waals surface area contributed by atoms with Crippen molar-refractivity contribution in [1.29, 1.82) is 0 Å². The van der Waals surface area contributed by atoms with Gasteiger partial charge in [-0.1, -0.05) is 0 Å². The van der Waals surface area contributed by atoms with Crippen molar-refractivity contribution in [3.63, 3.8) is 0 Å². The second-order valence-electron chi connectivity index (χ2n) is 5.17. The molecule has 90 valence electrons. The molecule has 2 heterocycles. The van der Waals surface area contributed by atoms with Crippen LogP contribution >= 0.6 is 0 Å². The molecule has 3 heteroatoms. The van der Waals surface area contributed by atoms with Crippen LogP contribution in [0, 0.1) is 13.8 Å². The molecule has 0 aliphatic carbocycles. The first-order chi connectivity index (χ1) is 7.52. The second-order valence-corrected chi connectivity index (χ2v) is 5.17. The standard InChI is InChI=1S/C13H22N2O/c1-10-7-12(11(2)15(10)4)8-14-13(3)5-6-16-9-13/h7,14H,5-6,8-9H2,1-4H3. The summed E-state index contributed by atoms with van der Waals surface area (Å²) in [6.45, 7) is 9.22. The first kappa shape index (κ1) is 11.7. The maximum atomic E-state index is 5.44. The van der Waals surface area contributed by atoms with Gasteiger partial charge in [0.1, 0.15) is 0 Å². The van der Waals surface area contributed by atoms with Gasteiger partial charge in [0.05, 0.1) is 6.61 Å². The Balaban J connectivity index is 2.02. The molecule has 0 saturated carbocycles. The topological polar surface area (TPSA) is 26.2 Å². The molecule has 1 aromatic rings. The summed E-state index contributed by atoms with van der Waals surface area (Å²) >= 11 is 0. The average Bonchev–Trinajstić information content (AvgIpc) is 2.77. The maximum absolute atomic E-state index is 5.44. The molecule has 0 aromatic carbocycles. The molecule has 1 fully saturated rings. The highest BCUT2D eigenvalue weighted by molar-refractivity contribution is 5.26. The van der Waals surface area contributed by atoms with Gasteiger partial charge in [-0.15, -0.1) is 0 Å². The van der Waals surface area contributed by atoms with E-state index in [-0.39, 0.29) is 5.54 Å². The summed E-state index contributed by atoms with van der Waals surface area (Å²) in [5.41, 5.74) is 4.23. The highest BCUT2D eigenvalue weighted by Gasteiger charge is 2.28. The van der Waals surface area contributed by atoms with E-state index in [1.54, 1.807) is 0 Å². The van der Waals surface area contributed by atoms with Gasteiger partial charge in [-0.05, 0) is 38.8 Å². The van der Waals surface area contributed by atoms with E-state index in [1.165, 1.54) is 17.0 Å². The van der Waals surface area contributed by atoms with E-state index in [2.05, 4.69) is 43.8 Å². The van der Waals surface area contributed by atoms with Crippen molar-refractivity contribution in [2.45, 2.75) is 39.3 Å². The summed E-state index contributed by atoms with van der Waals surface area (Å²) in [5, 5.41) is 3.62. The highest BCUT2D eigenvalue weighted by Crippen LogP contribution is 2.20. The number of nitrogens with zero attached hydrogens (tertiary/aromatic N) is 1. The number of hydrogen-bond donors (Lipinski definition) is 1. The van der Waals surface area contributed by atoms with Crippen LogP contribution in [0.15, 0.2) is 6.07 Å². The smallest absolute Gasteiger partial charge is 0.0646 e. The Labute approximate surface area is 97.8 Å². The van der Waals surface area contributed by atoms with Gasteiger partial charge < -0.3 is 14.6 Å². The lowest BCUT2D eigenvalue weighted by molar-refractivity contribution is 0.171. The molecular weight excluding hydrogens is 200 g/mol. The fraction of sp³-hybridized carbons (Fsp3) is 0.692. The van der Waals surface area contributed by atoms with Crippen molar-refractivity contribution in [2.75, 3.05) is 13.2 Å². The van der Waals surface area contributed by atoms with Gasteiger partial charge in [0.25, 0.3) is 0 Å². The first-order valence-electron chi connectivity index (χ1n) is 5.96. The lowest BCUT2D eigenvalue weighted by atomic mass is 10.0. The maximum Gasteiger partial charge on any atom is 0.0646 e. The first-order valence-corrected chi connectivity index (χ1v) is 5.96. The molecular formula is C13H22N2O. The monoisotopic (exact) mass is 222 g/mol. The van der Waals surface area contributed by atoms with Crippen LogP contribution in [-0.4, -0.2) is 23.3 Å². The summed E-state index contributed by atoms with van der Waals surface area (Å²) in [5.74, 6) is 0. The van der Waals surface area contributed by atoms with Gasteiger partial charge in [0.15, 0.2) is 0 Å². The van der Waals surface area contributed by atoms with E-state index in [4.69, 9.17) is 4.74 Å². The van der Waals surface area contributed by atoms with Crippen LogP contribution in [0.1, 0.15) is 30.3 Å². The van der Waals surface area contributed by atoms with E-state index in [9.17, 15) is 0 Å². The van der Waals surface area contributed by atoms with Crippen LogP contribution in [0.4, 0.5) is 0 Å². The Bertz CT molecular complexity index is 376. The van der Waals surface area contributed by atoms with Gasteiger partial charge in [0.2, 0.25) is 0 Å². The molecule has 1 aliphatic rings. The lowest BCUT2D eigenvalue weighted by Crippen LogP contribution is -2.42. The van der Waals surface area contributed by atoms with Crippen molar-refractivity contribution in [3.8, 4) is 0 Å². The second kappa shape index (κ2) is 4.22. The third-order valence-corrected chi connectivity index (χ3v) is 3.80. The van der Waals surface area contributed by atoms with Crippen LogP contribution < -0.4 is 5.32 Å². The quantitative estimate of drug-likeness (QED) is 0.845. The van der Waals surface area contributed by atoms with Crippen molar-refractivity contribution >= 4 is 0 Å². The SMILES string of the molecule is Cc1cc(CNC2(C)CCOC2)c(C)n1C. The predicted molar refractivity (Wildman–Crippen MR) is 65.6 cm³/mol. The molecule has 1 N–H and O–H groups in total. The van der Waals surface area contributed by atoms with E-state index < -0.39 is 0 Å². The molecule has 3 nitrogen and oxygen atoms in total. The Morgan fingerprint density at radius 2 is 2.25 bits per heavy atom. The molecule has 0 amide bonds. The van der Waals surface area contributed by atoms with Gasteiger partial charge in [-0.2, -0.15) is 0 Å². The number of nitrogens with one attached hydrogen (secondary N) is 1. The van der Waals surface area contributed by atoms with Crippen molar-refractivity contribution in [1.82, 2.24) is 9.88 Å². The van der Waals surface area contributed by atoms with Crippen LogP contribution in [-0.2, 0) is 18.3 Å². The number of aromatic nitrogens is 1. The van der Waals surface area contributed by atoms with E-state index >= 15 is 0 Å². The predicted octanol–water partition coefficient (Wildman–Crippen LogP) is 1.91. The summed E-state index contributed by atoms with van der Waals surface area (Å²) in [7, 11) is 2.12. The van der Waals surface area contributed by atoms with Crippen molar-refractivity contribution in [3.05, 3.63) is 23.0 Å². The minimum absolute atomic E-state index is 0.163. The van der Waals surface area contributed by atoms with Gasteiger partial charge in [0, 0.05) is 37.1 Å². The minimum atomic E-state index is 0.163. The molecule has 1 saturated heterocycles. The summed E-state index contributed by atoms with van der Waals surface area (Å²) in [6.07, 6.45) is 1.11. The average molecular weight is 222 g/mol. The molecule has 0 bridgehead atoms. The number of ether oxygens (including phenoxy) is 1. The van der Waals surface area contributed by atoms with Crippen LogP contribution in [0.5, 0.6) is 0 Å². The van der Waals surface area contributed by atoms with Crippen LogP contribution in [0.25, 0.3) is 0 Å². The molecule has 1 unspecified atom stereocenters. The summed E-state index contributed by atoms with van der Waals surface area (Å²) < 4.78 is 7.68. The molecule has 1 atom stereocenters. The van der Waals surface area contributed by atoms with Crippen LogP contribution in [0.2, 0.25) is 0 Å². The number of aryl methyl sites for hydroxylation is 1. The van der Waals surface area contributed by atoms with Gasteiger partial charge in [-0.25, -0.2) is 0 Å². The highest BCUT2D eigenvalue weighted by atomic mass is 16.5. The number of hydrogen-bond acceptors (Lipinski definition) is 2. The van der Waals surface area contributed by atoms with Crippen molar-refractivity contribution in [2.24, 2.45) is 7.05 Å². The molecule has 1 aliphatic heterocycles. The molecule has 0 spiro atoms. The summed E-state index contributed by atoms with van der Waals surface area (Å²) in [4.78, 5) is 0. The fourth-order valence-corrected chi connectivity index (χ4v) is 2.23. The molecule has 0 radical (unpaired) electrons. The zero-order valence-corrected chi connectivity index (χ0v) is 10.8. The Morgan fingerprint density at radius 1 is 1.50 bits per heavy atom. The van der Waals surface area contributed by atoms with E-state index in [0.29, 0.717) is 0 Å². The zero-order chi connectivity index (χ0) is 11.8. The Hall–Kier alpha value is -0.800. The van der Waals surface area contributed by atoms with E-state index in [1.807, 2.05) is 0 Å². The number of rotatable bonds is 3. The van der Waals surface area contributed by atoms with Crippen molar-refractivity contribution < 1.29 is 4.74 Å². The third-order valence-electron chi connectivity index (χ3n) is 3.80. The lowest BCUT2D eigenvalue weighted by Gasteiger charge is -2.23.